The van der Waals surface area contributed by atoms with Crippen molar-refractivity contribution in [3.05, 3.63) is 60.6 Å². The second-order valence-corrected chi connectivity index (χ2v) is 6.59. The topological polar surface area (TPSA) is 77.3 Å². The molecule has 4 heterocycles. The molecule has 6 nitrogen and oxygen atoms in total. The van der Waals surface area contributed by atoms with Gasteiger partial charge in [0.1, 0.15) is 16.9 Å². The van der Waals surface area contributed by atoms with Crippen molar-refractivity contribution in [2.75, 3.05) is 0 Å². The molecule has 0 aliphatic rings. The molecule has 4 aromatic heterocycles. The molecule has 6 heteroatoms. The van der Waals surface area contributed by atoms with Gasteiger partial charge >= 0.3 is 0 Å². The van der Waals surface area contributed by atoms with E-state index in [-0.39, 0.29) is 14.9 Å². The van der Waals surface area contributed by atoms with E-state index in [2.05, 4.69) is 57.6 Å². The number of hydrogen-bond donors (Lipinski definition) is 0. The zero-order chi connectivity index (χ0) is 18.5. The molecule has 0 atom stereocenters. The van der Waals surface area contributed by atoms with Crippen molar-refractivity contribution in [3.63, 3.8) is 0 Å². The van der Waals surface area contributed by atoms with Crippen LogP contribution in [-0.4, -0.2) is 29.9 Å². The first-order chi connectivity index (χ1) is 12.5. The molecule has 0 amide bonds. The predicted molar refractivity (Wildman–Crippen MR) is 116 cm³/mol. The zero-order valence-corrected chi connectivity index (χ0v) is 15.5. The fraction of sp³-hybridized carbons (Fsp3) is 0.364. The van der Waals surface area contributed by atoms with Crippen LogP contribution >= 0.6 is 0 Å². The van der Waals surface area contributed by atoms with Crippen LogP contribution in [0.5, 0.6) is 0 Å². The van der Waals surface area contributed by atoms with Crippen LogP contribution in [0.1, 0.15) is 65.9 Å². The molecule has 4 rings (SSSR count). The van der Waals surface area contributed by atoms with Gasteiger partial charge in [-0.15, -0.1) is 0 Å². The Balaban J connectivity index is 0.000000261. The Morgan fingerprint density at radius 2 is 1.32 bits per heavy atom. The van der Waals surface area contributed by atoms with Gasteiger partial charge in [0.15, 0.2) is 5.65 Å². The van der Waals surface area contributed by atoms with Gasteiger partial charge in [-0.25, -0.2) is 24.9 Å². The average molecular weight is 379 g/mol. The van der Waals surface area contributed by atoms with E-state index < -0.39 is 0 Å². The SMILES string of the molecule is C.C.CC(C)c1cnc2ncccc2n1.CC(C)c1ncc2ncccc2n1. The zero-order valence-electron chi connectivity index (χ0n) is 15.5. The summed E-state index contributed by atoms with van der Waals surface area (Å²) in [6.07, 6.45) is 7.05. The highest BCUT2D eigenvalue weighted by atomic mass is 14.9. The molecule has 0 aliphatic heterocycles. The second-order valence-electron chi connectivity index (χ2n) is 6.59. The molecule has 0 spiro atoms. The first-order valence-electron chi connectivity index (χ1n) is 8.70. The van der Waals surface area contributed by atoms with E-state index in [1.165, 1.54) is 0 Å². The lowest BCUT2D eigenvalue weighted by atomic mass is 10.1. The van der Waals surface area contributed by atoms with Crippen LogP contribution < -0.4 is 0 Å². The van der Waals surface area contributed by atoms with Crippen LogP contribution in [-0.2, 0) is 0 Å². The van der Waals surface area contributed by atoms with Crippen LogP contribution in [0.25, 0.3) is 22.2 Å². The standard InChI is InChI=1S/2C10H11N3.2CH4/c1-7(2)10-12-6-9-8(13-10)4-3-5-11-9;1-7(2)9-6-12-10-8(13-9)4-3-5-11-10;;/h2*3-7H,1-2H3;2*1H4. The van der Waals surface area contributed by atoms with Gasteiger partial charge in [0, 0.05) is 18.3 Å². The summed E-state index contributed by atoms with van der Waals surface area (Å²) < 4.78 is 0. The minimum Gasteiger partial charge on any atom is -0.253 e. The summed E-state index contributed by atoms with van der Waals surface area (Å²) in [7, 11) is 0. The fourth-order valence-electron chi connectivity index (χ4n) is 2.31. The maximum absolute atomic E-state index is 4.45. The smallest absolute Gasteiger partial charge is 0.178 e. The third-order valence-electron chi connectivity index (χ3n) is 3.81. The van der Waals surface area contributed by atoms with Crippen LogP contribution in [0, 0.1) is 0 Å². The van der Waals surface area contributed by atoms with Gasteiger partial charge in [-0.3, -0.25) is 4.98 Å². The molecule has 0 aromatic carbocycles. The van der Waals surface area contributed by atoms with Crippen LogP contribution in [0.3, 0.4) is 0 Å². The van der Waals surface area contributed by atoms with Crippen LogP contribution in [0.15, 0.2) is 49.1 Å². The molecule has 0 fully saturated rings. The molecule has 0 unspecified atom stereocenters. The third-order valence-corrected chi connectivity index (χ3v) is 3.81. The molecule has 0 saturated heterocycles. The van der Waals surface area contributed by atoms with E-state index >= 15 is 0 Å². The minimum atomic E-state index is 0. The van der Waals surface area contributed by atoms with Crippen molar-refractivity contribution in [2.24, 2.45) is 0 Å². The van der Waals surface area contributed by atoms with Gasteiger partial charge in [-0.1, -0.05) is 42.5 Å². The first-order valence-corrected chi connectivity index (χ1v) is 8.70. The minimum absolute atomic E-state index is 0. The summed E-state index contributed by atoms with van der Waals surface area (Å²) in [4.78, 5) is 25.6. The summed E-state index contributed by atoms with van der Waals surface area (Å²) in [6, 6.07) is 7.65. The van der Waals surface area contributed by atoms with Gasteiger partial charge in [-0.05, 0) is 30.2 Å². The summed E-state index contributed by atoms with van der Waals surface area (Å²) >= 11 is 0. The molecular weight excluding hydrogens is 348 g/mol. The molecule has 0 N–H and O–H groups in total. The van der Waals surface area contributed by atoms with Crippen molar-refractivity contribution in [1.29, 1.82) is 0 Å². The van der Waals surface area contributed by atoms with Crippen LogP contribution in [0.4, 0.5) is 0 Å². The molecule has 0 bridgehead atoms. The van der Waals surface area contributed by atoms with Crippen molar-refractivity contribution in [3.8, 4) is 0 Å². The molecule has 28 heavy (non-hydrogen) atoms. The molecule has 0 saturated carbocycles. The Labute approximate surface area is 167 Å². The van der Waals surface area contributed by atoms with Gasteiger partial charge < -0.3 is 0 Å². The maximum Gasteiger partial charge on any atom is 0.178 e. The monoisotopic (exact) mass is 378 g/mol. The van der Waals surface area contributed by atoms with E-state index in [0.717, 1.165) is 28.1 Å². The number of hydrogen-bond acceptors (Lipinski definition) is 6. The number of nitrogens with zero attached hydrogens (tertiary/aromatic N) is 6. The number of aromatic nitrogens is 6. The summed E-state index contributed by atoms with van der Waals surface area (Å²) in [6.45, 7) is 8.37. The lowest BCUT2D eigenvalue weighted by Crippen LogP contribution is -1.97. The lowest BCUT2D eigenvalue weighted by molar-refractivity contribution is 0.782. The molecular formula is C22H30N6. The largest absolute Gasteiger partial charge is 0.253 e. The lowest BCUT2D eigenvalue weighted by Gasteiger charge is -2.03. The van der Waals surface area contributed by atoms with E-state index in [1.807, 2.05) is 24.3 Å². The Bertz CT molecular complexity index is 930. The molecule has 0 radical (unpaired) electrons. The first kappa shape index (κ1) is 23.0. The van der Waals surface area contributed by atoms with Gasteiger partial charge in [-0.2, -0.15) is 0 Å². The molecule has 148 valence electrons. The normalized spacial score (nSPS) is 10.2. The van der Waals surface area contributed by atoms with Gasteiger partial charge in [0.25, 0.3) is 0 Å². The highest BCUT2D eigenvalue weighted by Crippen LogP contribution is 2.13. The van der Waals surface area contributed by atoms with Crippen LogP contribution in [0.2, 0.25) is 0 Å². The van der Waals surface area contributed by atoms with Gasteiger partial charge in [0.2, 0.25) is 0 Å². The van der Waals surface area contributed by atoms with E-state index in [0.29, 0.717) is 17.5 Å². The van der Waals surface area contributed by atoms with E-state index in [4.69, 9.17) is 0 Å². The Morgan fingerprint density at radius 3 is 2.00 bits per heavy atom. The highest BCUT2D eigenvalue weighted by Gasteiger charge is 2.04. The quantitative estimate of drug-likeness (QED) is 0.454. The van der Waals surface area contributed by atoms with E-state index in [1.54, 1.807) is 24.8 Å². The fourth-order valence-corrected chi connectivity index (χ4v) is 2.31. The van der Waals surface area contributed by atoms with Crippen molar-refractivity contribution in [1.82, 2.24) is 29.9 Å². The number of rotatable bonds is 2. The Morgan fingerprint density at radius 1 is 0.643 bits per heavy atom. The van der Waals surface area contributed by atoms with Crippen molar-refractivity contribution in [2.45, 2.75) is 54.4 Å². The third kappa shape index (κ3) is 5.49. The second kappa shape index (κ2) is 10.3. The van der Waals surface area contributed by atoms with Crippen molar-refractivity contribution >= 4 is 22.2 Å². The Kier molecular flexibility index (Phi) is 8.51. The Hall–Kier alpha value is -3.02. The van der Waals surface area contributed by atoms with Crippen molar-refractivity contribution < 1.29 is 0 Å². The highest BCUT2D eigenvalue weighted by molar-refractivity contribution is 5.72. The van der Waals surface area contributed by atoms with Gasteiger partial charge in [0.05, 0.1) is 23.6 Å². The summed E-state index contributed by atoms with van der Waals surface area (Å²) in [5.41, 5.74) is 4.37. The predicted octanol–water partition coefficient (Wildman–Crippen LogP) is 5.57. The summed E-state index contributed by atoms with van der Waals surface area (Å²) in [5.74, 6) is 1.65. The number of fused-ring (bicyclic) bond motifs is 2. The molecule has 0 aliphatic carbocycles. The average Bonchev–Trinajstić information content (AvgIpc) is 2.67. The number of pyridine rings is 2. The molecule has 4 aromatic rings. The summed E-state index contributed by atoms with van der Waals surface area (Å²) in [5, 5.41) is 0. The maximum atomic E-state index is 4.45. The van der Waals surface area contributed by atoms with E-state index in [9.17, 15) is 0 Å².